The average molecular weight is 1230 g/mol. The van der Waals surface area contributed by atoms with E-state index in [1.165, 1.54) is 24.3 Å². The Hall–Kier alpha value is -9.00. The highest BCUT2D eigenvalue weighted by atomic mass is 35.5. The number of ether oxygens (including phenoxy) is 2. The molecular weight excluding hydrogens is 1170 g/mol. The first-order valence-electron chi connectivity index (χ1n) is 27.3. The van der Waals surface area contributed by atoms with Crippen molar-refractivity contribution in [2.45, 2.75) is 83.3 Å². The maximum Gasteiger partial charge on any atom is 0.311 e. The molecule has 0 aliphatic rings. The Kier molecular flexibility index (Phi) is 25.7. The van der Waals surface area contributed by atoms with Crippen LogP contribution >= 0.6 is 34.8 Å². The third-order valence-corrected chi connectivity index (χ3v) is 13.5. The van der Waals surface area contributed by atoms with Crippen molar-refractivity contribution in [1.82, 2.24) is 10.6 Å². The molecule has 2 heterocycles. The Balaban J connectivity index is 0.000000211. The van der Waals surface area contributed by atoms with Crippen molar-refractivity contribution < 1.29 is 67.2 Å². The zero-order valence-corrected chi connectivity index (χ0v) is 49.3. The molecule has 3 atom stereocenters. The Morgan fingerprint density at radius 1 is 0.442 bits per heavy atom. The summed E-state index contributed by atoms with van der Waals surface area (Å²) >= 11 is 18.1. The van der Waals surface area contributed by atoms with Gasteiger partial charge in [0.05, 0.1) is 32.5 Å². The van der Waals surface area contributed by atoms with Crippen molar-refractivity contribution in [3.05, 3.63) is 225 Å². The van der Waals surface area contributed by atoms with Gasteiger partial charge in [0.15, 0.2) is 11.5 Å². The Labute approximate surface area is 512 Å². The number of aliphatic carboxylic acids is 3. The second-order valence-corrected chi connectivity index (χ2v) is 20.9. The Morgan fingerprint density at radius 2 is 0.791 bits per heavy atom. The largest absolute Gasteiger partial charge is 0.481 e. The molecule has 0 spiro atoms. The molecular formula is C66H64Cl3N3O14. The molecule has 0 saturated carbocycles. The summed E-state index contributed by atoms with van der Waals surface area (Å²) in [7, 11) is 0. The molecule has 86 heavy (non-hydrogen) atoms. The van der Waals surface area contributed by atoms with Crippen molar-refractivity contribution in [2.75, 3.05) is 13.2 Å². The summed E-state index contributed by atoms with van der Waals surface area (Å²) in [4.78, 5) is 81.4. The van der Waals surface area contributed by atoms with Crippen molar-refractivity contribution in [1.29, 1.82) is 0 Å². The standard InChI is InChI=1S/C25H24ClNO6.C23H20ClNO6.C18H20ClNO2/c1-2-32-24(30)14-20(27-25(31)22-11-10-21(33-22)15-23(28)29)12-16-6-8-17(9-7-16)18-4-3-5-19(26)13-18;24-17-3-1-2-16(11-17)15-6-4-14(5-7-15)10-18(12-21(26)27)25-23(30)20-9-8-19(31-20)13-22(28)29;1-2-22-18(21)12-17(20)10-13-6-8-14(9-7-13)15-4-3-5-16(19)11-15/h3-11,13,20H,2,12,14-15H2,1H3,(H,27,31)(H,28,29);1-9,11,18H,10,12-13H2,(H,25,30)(H,26,27)(H,28,29);3-9,11,17H,2,10,12,20H2,1H3/t20-;18-;17-/m111/s1. The van der Waals surface area contributed by atoms with Crippen LogP contribution in [-0.4, -0.2) is 88.3 Å². The van der Waals surface area contributed by atoms with Gasteiger partial charge in [-0.2, -0.15) is 0 Å². The molecule has 0 saturated heterocycles. The number of amides is 2. The monoisotopic (exact) mass is 1230 g/mol. The predicted molar refractivity (Wildman–Crippen MR) is 327 cm³/mol. The zero-order chi connectivity index (χ0) is 62.1. The van der Waals surface area contributed by atoms with E-state index in [0.717, 1.165) is 55.1 Å². The summed E-state index contributed by atoms with van der Waals surface area (Å²) in [6.07, 6.45) is 0.629. The lowest BCUT2D eigenvalue weighted by Gasteiger charge is -2.18. The molecule has 17 nitrogen and oxygen atoms in total. The van der Waals surface area contributed by atoms with Gasteiger partial charge in [-0.15, -0.1) is 0 Å². The summed E-state index contributed by atoms with van der Waals surface area (Å²) in [5.41, 5.74) is 14.9. The molecule has 6 aromatic carbocycles. The number of benzene rings is 6. The first-order valence-corrected chi connectivity index (χ1v) is 28.4. The van der Waals surface area contributed by atoms with Gasteiger partial charge in [-0.3, -0.25) is 33.6 Å². The van der Waals surface area contributed by atoms with Crippen LogP contribution in [-0.2, 0) is 65.6 Å². The van der Waals surface area contributed by atoms with E-state index in [9.17, 15) is 38.7 Å². The highest BCUT2D eigenvalue weighted by molar-refractivity contribution is 6.31. The van der Waals surface area contributed by atoms with Crippen LogP contribution in [0.5, 0.6) is 0 Å². The van der Waals surface area contributed by atoms with Gasteiger partial charge >= 0.3 is 29.8 Å². The van der Waals surface area contributed by atoms with Crippen LogP contribution in [0.15, 0.2) is 179 Å². The number of carboxylic acid groups (broad SMARTS) is 3. The van der Waals surface area contributed by atoms with Crippen molar-refractivity contribution in [3.8, 4) is 33.4 Å². The summed E-state index contributed by atoms with van der Waals surface area (Å²) in [6.45, 7) is 4.13. The maximum atomic E-state index is 12.6. The van der Waals surface area contributed by atoms with Crippen LogP contribution in [0, 0.1) is 0 Å². The number of furan rings is 2. The van der Waals surface area contributed by atoms with E-state index >= 15 is 0 Å². The van der Waals surface area contributed by atoms with Crippen molar-refractivity contribution >= 4 is 76.5 Å². The second-order valence-electron chi connectivity index (χ2n) is 19.6. The predicted octanol–water partition coefficient (Wildman–Crippen LogP) is 12.4. The number of carbonyl (C=O) groups excluding carboxylic acids is 4. The number of nitrogens with two attached hydrogens (primary N) is 1. The lowest BCUT2D eigenvalue weighted by Crippen LogP contribution is -2.38. The summed E-state index contributed by atoms with van der Waals surface area (Å²) in [5.74, 6) is -4.75. The summed E-state index contributed by atoms with van der Waals surface area (Å²) < 4.78 is 20.5. The fraction of sp³-hybridized carbons (Fsp3) is 0.227. The summed E-state index contributed by atoms with van der Waals surface area (Å²) in [5, 5.41) is 34.3. The van der Waals surface area contributed by atoms with Crippen LogP contribution < -0.4 is 16.4 Å². The van der Waals surface area contributed by atoms with Crippen LogP contribution in [0.3, 0.4) is 0 Å². The minimum absolute atomic E-state index is 0.0156. The van der Waals surface area contributed by atoms with Gasteiger partial charge in [0.25, 0.3) is 11.8 Å². The topological polar surface area (TPSA) is 275 Å². The van der Waals surface area contributed by atoms with Crippen LogP contribution in [0.2, 0.25) is 15.1 Å². The number of halogens is 3. The number of carbonyl (C=O) groups is 7. The first kappa shape index (κ1) is 66.1. The van der Waals surface area contributed by atoms with Gasteiger partial charge in [-0.25, -0.2) is 0 Å². The third kappa shape index (κ3) is 22.5. The highest BCUT2D eigenvalue weighted by Gasteiger charge is 2.23. The van der Waals surface area contributed by atoms with Crippen molar-refractivity contribution in [2.24, 2.45) is 5.73 Å². The molecule has 7 N–H and O–H groups in total. The average Bonchev–Trinajstić information content (AvgIpc) is 4.23. The third-order valence-electron chi connectivity index (χ3n) is 12.8. The normalized spacial score (nSPS) is 11.7. The molecule has 0 aliphatic carbocycles. The molecule has 448 valence electrons. The number of esters is 2. The molecule has 0 unspecified atom stereocenters. The van der Waals surface area contributed by atoms with Gasteiger partial charge in [-0.05, 0) is 144 Å². The molecule has 0 bridgehead atoms. The molecule has 2 amide bonds. The smallest absolute Gasteiger partial charge is 0.311 e. The van der Waals surface area contributed by atoms with E-state index in [0.29, 0.717) is 35.9 Å². The zero-order valence-electron chi connectivity index (χ0n) is 47.0. The van der Waals surface area contributed by atoms with Crippen LogP contribution in [0.4, 0.5) is 0 Å². The van der Waals surface area contributed by atoms with E-state index in [1.807, 2.05) is 140 Å². The van der Waals surface area contributed by atoms with Gasteiger partial charge in [0, 0.05) is 33.2 Å². The summed E-state index contributed by atoms with van der Waals surface area (Å²) in [6, 6.07) is 50.4. The quantitative estimate of drug-likeness (QED) is 0.0290. The van der Waals surface area contributed by atoms with E-state index in [-0.39, 0.29) is 73.8 Å². The van der Waals surface area contributed by atoms with E-state index in [4.69, 9.17) is 69.1 Å². The number of hydrogen-bond acceptors (Lipinski definition) is 12. The molecule has 20 heteroatoms. The van der Waals surface area contributed by atoms with E-state index in [2.05, 4.69) is 10.6 Å². The molecule has 0 aliphatic heterocycles. The van der Waals surface area contributed by atoms with Crippen LogP contribution in [0.25, 0.3) is 33.4 Å². The lowest BCUT2D eigenvalue weighted by atomic mass is 9.99. The minimum atomic E-state index is -1.08. The molecule has 8 aromatic rings. The number of carboxylic acids is 3. The fourth-order valence-electron chi connectivity index (χ4n) is 8.86. The highest BCUT2D eigenvalue weighted by Crippen LogP contribution is 2.27. The van der Waals surface area contributed by atoms with E-state index < -0.39 is 47.8 Å². The minimum Gasteiger partial charge on any atom is -0.481 e. The van der Waals surface area contributed by atoms with Crippen LogP contribution in [0.1, 0.15) is 82.4 Å². The maximum absolute atomic E-state index is 12.6. The fourth-order valence-corrected chi connectivity index (χ4v) is 9.43. The van der Waals surface area contributed by atoms with Gasteiger partial charge in [-0.1, -0.05) is 144 Å². The number of hydrogen-bond donors (Lipinski definition) is 6. The second kappa shape index (κ2) is 33.5. The molecule has 2 aromatic heterocycles. The number of nitrogens with one attached hydrogen (secondary N) is 2. The SMILES string of the molecule is CCOC(=O)C[C@@H](Cc1ccc(-c2cccc(Cl)c2)cc1)NC(=O)c1ccc(CC(=O)O)o1.CCOC(=O)C[C@H](N)Cc1ccc(-c2cccc(Cl)c2)cc1.O=C(O)Cc1ccc(C(=O)N[C@@H](CC(=O)O)Cc2ccc(-c3cccc(Cl)c3)cc2)o1. The van der Waals surface area contributed by atoms with E-state index in [1.54, 1.807) is 19.9 Å². The van der Waals surface area contributed by atoms with Gasteiger partial charge < -0.3 is 50.0 Å². The Morgan fingerprint density at radius 3 is 1.13 bits per heavy atom. The van der Waals surface area contributed by atoms with Gasteiger partial charge in [0.2, 0.25) is 0 Å². The molecule has 8 rings (SSSR count). The number of rotatable bonds is 25. The Bertz CT molecular complexity index is 3570. The lowest BCUT2D eigenvalue weighted by molar-refractivity contribution is -0.144. The van der Waals surface area contributed by atoms with Gasteiger partial charge in [0.1, 0.15) is 24.4 Å². The molecule has 0 fully saturated rings. The first-order chi connectivity index (χ1) is 41.2. The van der Waals surface area contributed by atoms with Crippen molar-refractivity contribution in [3.63, 3.8) is 0 Å². The molecule has 0 radical (unpaired) electrons.